The van der Waals surface area contributed by atoms with Crippen LogP contribution in [0.4, 0.5) is 13.6 Å². The Morgan fingerprint density at radius 3 is 2.57 bits per heavy atom. The van der Waals surface area contributed by atoms with E-state index in [2.05, 4.69) is 10.6 Å². The van der Waals surface area contributed by atoms with Crippen LogP contribution in [0.15, 0.2) is 18.2 Å². The molecule has 0 heterocycles. The summed E-state index contributed by atoms with van der Waals surface area (Å²) in [7, 11) is 0. The van der Waals surface area contributed by atoms with Gasteiger partial charge in [0.25, 0.3) is 0 Å². The topological polar surface area (TPSA) is 61.4 Å². The molecule has 1 aromatic rings. The minimum absolute atomic E-state index is 0.173. The van der Waals surface area contributed by atoms with E-state index in [1.165, 1.54) is 6.07 Å². The fourth-order valence-corrected chi connectivity index (χ4v) is 2.10. The molecule has 3 N–H and O–H groups in total. The van der Waals surface area contributed by atoms with Crippen LogP contribution in [0.5, 0.6) is 0 Å². The molecule has 0 aliphatic heterocycles. The van der Waals surface area contributed by atoms with Gasteiger partial charge in [0.05, 0.1) is 18.2 Å². The number of rotatable bonds is 6. The van der Waals surface area contributed by atoms with Gasteiger partial charge in [-0.25, -0.2) is 13.6 Å². The molecule has 2 unspecified atom stereocenters. The van der Waals surface area contributed by atoms with Gasteiger partial charge in [-0.1, -0.05) is 19.4 Å². The molecule has 0 bridgehead atoms. The van der Waals surface area contributed by atoms with Crippen molar-refractivity contribution in [1.29, 1.82) is 0 Å². The smallest absolute Gasteiger partial charge is 0.315 e. The lowest BCUT2D eigenvalue weighted by molar-refractivity contribution is 0.162. The van der Waals surface area contributed by atoms with Crippen LogP contribution < -0.4 is 10.6 Å². The number of carbonyl (C=O) groups is 1. The standard InChI is InChI=1S/C15H22F2N2O2/c1-4-7-15(3,9-20)19-14(21)18-10(2)11-5-6-12(16)13(17)8-11/h5-6,8,10,20H,4,7,9H2,1-3H3,(H2,18,19,21). The molecule has 118 valence electrons. The van der Waals surface area contributed by atoms with Crippen LogP contribution in [0.2, 0.25) is 0 Å². The average Bonchev–Trinajstić information content (AvgIpc) is 2.41. The fraction of sp³-hybridized carbons (Fsp3) is 0.533. The maximum Gasteiger partial charge on any atom is 0.315 e. The lowest BCUT2D eigenvalue weighted by Gasteiger charge is -2.29. The first-order valence-electron chi connectivity index (χ1n) is 6.96. The normalized spacial score (nSPS) is 15.1. The van der Waals surface area contributed by atoms with Gasteiger partial charge in [-0.3, -0.25) is 0 Å². The number of amides is 2. The molecule has 0 radical (unpaired) electrons. The van der Waals surface area contributed by atoms with E-state index in [-0.39, 0.29) is 6.61 Å². The first-order valence-corrected chi connectivity index (χ1v) is 6.96. The third-order valence-electron chi connectivity index (χ3n) is 3.36. The summed E-state index contributed by atoms with van der Waals surface area (Å²) in [5.41, 5.74) is -0.239. The van der Waals surface area contributed by atoms with E-state index in [9.17, 15) is 18.7 Å². The summed E-state index contributed by atoms with van der Waals surface area (Å²) in [6.45, 7) is 5.20. The van der Waals surface area contributed by atoms with Gasteiger partial charge >= 0.3 is 6.03 Å². The predicted molar refractivity (Wildman–Crippen MR) is 76.8 cm³/mol. The van der Waals surface area contributed by atoms with E-state index in [1.807, 2.05) is 6.92 Å². The molecule has 0 spiro atoms. The van der Waals surface area contributed by atoms with Crippen LogP contribution in [0.1, 0.15) is 45.2 Å². The molecule has 6 heteroatoms. The lowest BCUT2D eigenvalue weighted by Crippen LogP contribution is -2.52. The van der Waals surface area contributed by atoms with E-state index in [0.717, 1.165) is 18.6 Å². The second-order valence-electron chi connectivity index (χ2n) is 5.46. The lowest BCUT2D eigenvalue weighted by atomic mass is 9.97. The highest BCUT2D eigenvalue weighted by atomic mass is 19.2. The highest BCUT2D eigenvalue weighted by molar-refractivity contribution is 5.75. The Hall–Kier alpha value is -1.69. The minimum Gasteiger partial charge on any atom is -0.394 e. The van der Waals surface area contributed by atoms with Crippen molar-refractivity contribution >= 4 is 6.03 Å². The Labute approximate surface area is 123 Å². The summed E-state index contributed by atoms with van der Waals surface area (Å²) in [6.07, 6.45) is 1.45. The Kier molecular flexibility index (Phi) is 6.08. The van der Waals surface area contributed by atoms with Gasteiger partial charge in [-0.15, -0.1) is 0 Å². The number of hydrogen-bond donors (Lipinski definition) is 3. The molecule has 1 rings (SSSR count). The molecule has 4 nitrogen and oxygen atoms in total. The van der Waals surface area contributed by atoms with Crippen molar-refractivity contribution in [2.75, 3.05) is 6.61 Å². The quantitative estimate of drug-likeness (QED) is 0.756. The molecule has 0 saturated carbocycles. The average molecular weight is 300 g/mol. The molecule has 2 atom stereocenters. The van der Waals surface area contributed by atoms with Crippen molar-refractivity contribution in [3.05, 3.63) is 35.4 Å². The largest absolute Gasteiger partial charge is 0.394 e. The Bertz CT molecular complexity index is 497. The van der Waals surface area contributed by atoms with Crippen molar-refractivity contribution in [2.24, 2.45) is 0 Å². The molecule has 0 aliphatic carbocycles. The van der Waals surface area contributed by atoms with Crippen LogP contribution in [0.3, 0.4) is 0 Å². The zero-order valence-electron chi connectivity index (χ0n) is 12.5. The summed E-state index contributed by atoms with van der Waals surface area (Å²) in [5.74, 6) is -1.88. The van der Waals surface area contributed by atoms with Crippen molar-refractivity contribution in [3.63, 3.8) is 0 Å². The summed E-state index contributed by atoms with van der Waals surface area (Å²) >= 11 is 0. The monoisotopic (exact) mass is 300 g/mol. The molecule has 0 aliphatic rings. The van der Waals surface area contributed by atoms with Crippen molar-refractivity contribution < 1.29 is 18.7 Å². The highest BCUT2D eigenvalue weighted by Crippen LogP contribution is 2.16. The molecule has 1 aromatic carbocycles. The first kappa shape index (κ1) is 17.4. The molecular weight excluding hydrogens is 278 g/mol. The maximum atomic E-state index is 13.2. The third kappa shape index (κ3) is 4.97. The molecule has 2 amide bonds. The molecule has 0 saturated heterocycles. The van der Waals surface area contributed by atoms with Gasteiger partial charge in [0.1, 0.15) is 0 Å². The SMILES string of the molecule is CCCC(C)(CO)NC(=O)NC(C)c1ccc(F)c(F)c1. The van der Waals surface area contributed by atoms with Crippen molar-refractivity contribution in [3.8, 4) is 0 Å². The van der Waals surface area contributed by atoms with E-state index < -0.39 is 29.2 Å². The van der Waals surface area contributed by atoms with E-state index in [0.29, 0.717) is 12.0 Å². The van der Waals surface area contributed by atoms with Crippen LogP contribution in [0.25, 0.3) is 0 Å². The number of halogens is 2. The number of nitrogens with one attached hydrogen (secondary N) is 2. The minimum atomic E-state index is -0.951. The van der Waals surface area contributed by atoms with Crippen molar-refractivity contribution in [2.45, 2.75) is 45.2 Å². The Balaban J connectivity index is 2.67. The number of hydrogen-bond acceptors (Lipinski definition) is 2. The molecule has 0 aromatic heterocycles. The van der Waals surface area contributed by atoms with Crippen LogP contribution >= 0.6 is 0 Å². The van der Waals surface area contributed by atoms with Gasteiger partial charge in [-0.05, 0) is 38.0 Å². The summed E-state index contributed by atoms with van der Waals surface area (Å²) in [5, 5.41) is 14.7. The molecular formula is C15H22F2N2O2. The first-order chi connectivity index (χ1) is 9.81. The number of benzene rings is 1. The number of aliphatic hydroxyl groups is 1. The zero-order valence-corrected chi connectivity index (χ0v) is 12.5. The Morgan fingerprint density at radius 1 is 1.38 bits per heavy atom. The van der Waals surface area contributed by atoms with Gasteiger partial charge in [0.15, 0.2) is 11.6 Å². The second-order valence-corrected chi connectivity index (χ2v) is 5.46. The predicted octanol–water partition coefficient (Wildman–Crippen LogP) is 2.88. The number of aliphatic hydroxyl groups excluding tert-OH is 1. The second kappa shape index (κ2) is 7.36. The van der Waals surface area contributed by atoms with Gasteiger partial charge in [-0.2, -0.15) is 0 Å². The van der Waals surface area contributed by atoms with Crippen molar-refractivity contribution in [1.82, 2.24) is 10.6 Å². The van der Waals surface area contributed by atoms with Crippen LogP contribution in [-0.4, -0.2) is 23.3 Å². The van der Waals surface area contributed by atoms with E-state index in [4.69, 9.17) is 0 Å². The zero-order chi connectivity index (χ0) is 16.0. The summed E-state index contributed by atoms with van der Waals surface area (Å²) < 4.78 is 26.0. The fourth-order valence-electron chi connectivity index (χ4n) is 2.10. The van der Waals surface area contributed by atoms with Gasteiger partial charge in [0.2, 0.25) is 0 Å². The van der Waals surface area contributed by atoms with E-state index >= 15 is 0 Å². The summed E-state index contributed by atoms with van der Waals surface area (Å²) in [6, 6.07) is 2.55. The Morgan fingerprint density at radius 2 is 2.05 bits per heavy atom. The highest BCUT2D eigenvalue weighted by Gasteiger charge is 2.25. The van der Waals surface area contributed by atoms with Gasteiger partial charge < -0.3 is 15.7 Å². The van der Waals surface area contributed by atoms with Crippen LogP contribution in [0, 0.1) is 11.6 Å². The number of urea groups is 1. The maximum absolute atomic E-state index is 13.2. The molecule has 21 heavy (non-hydrogen) atoms. The molecule has 0 fully saturated rings. The number of carbonyl (C=O) groups excluding carboxylic acids is 1. The summed E-state index contributed by atoms with van der Waals surface area (Å²) in [4.78, 5) is 11.9. The van der Waals surface area contributed by atoms with Crippen LogP contribution in [-0.2, 0) is 0 Å². The third-order valence-corrected chi connectivity index (χ3v) is 3.36. The van der Waals surface area contributed by atoms with Gasteiger partial charge in [0, 0.05) is 0 Å². The van der Waals surface area contributed by atoms with E-state index in [1.54, 1.807) is 13.8 Å².